The van der Waals surface area contributed by atoms with Gasteiger partial charge in [0, 0.05) is 16.4 Å². The van der Waals surface area contributed by atoms with Crippen molar-refractivity contribution in [1.82, 2.24) is 9.97 Å². The van der Waals surface area contributed by atoms with Gasteiger partial charge in [-0.3, -0.25) is 0 Å². The van der Waals surface area contributed by atoms with E-state index in [9.17, 15) is 13.5 Å². The number of aliphatic hydroxyl groups is 1. The third-order valence-corrected chi connectivity index (χ3v) is 6.88. The van der Waals surface area contributed by atoms with Crippen molar-refractivity contribution < 1.29 is 13.5 Å². The van der Waals surface area contributed by atoms with Crippen LogP contribution in [0.4, 0.5) is 17.5 Å². The van der Waals surface area contributed by atoms with Crippen LogP contribution in [0.1, 0.15) is 46.1 Å². The molecule has 5 N–H and O–H groups in total. The van der Waals surface area contributed by atoms with Crippen LogP contribution in [0.2, 0.25) is 0 Å². The summed E-state index contributed by atoms with van der Waals surface area (Å²) in [4.78, 5) is 8.76. The first-order valence-corrected chi connectivity index (χ1v) is 12.0. The third kappa shape index (κ3) is 6.11. The molecule has 0 saturated carbocycles. The summed E-state index contributed by atoms with van der Waals surface area (Å²) < 4.78 is 25.0. The molecule has 0 bridgehead atoms. The minimum absolute atomic E-state index is 0.0659. The number of hydrogen-bond donors (Lipinski definition) is 4. The predicted molar refractivity (Wildman–Crippen MR) is 122 cm³/mol. The Balaban J connectivity index is 2.41. The zero-order valence-electron chi connectivity index (χ0n) is 16.8. The molecule has 2 aromatic rings. The average Bonchev–Trinajstić information content (AvgIpc) is 2.55. The predicted octanol–water partition coefficient (Wildman–Crippen LogP) is 4.09. The summed E-state index contributed by atoms with van der Waals surface area (Å²) in [5.41, 5.74) is 0.241. The van der Waals surface area contributed by atoms with Crippen LogP contribution in [-0.4, -0.2) is 35.1 Å². The van der Waals surface area contributed by atoms with Crippen molar-refractivity contribution in [3.05, 3.63) is 32.8 Å². The number of nitrogens with two attached hydrogens (primary N) is 1. The molecule has 2 rings (SSSR count). The van der Waals surface area contributed by atoms with Crippen LogP contribution in [-0.2, 0) is 10.0 Å². The number of benzene rings is 1. The monoisotopic (exact) mass is 549 g/mol. The number of aromatic nitrogens is 2. The number of rotatable bonds is 7. The zero-order valence-corrected chi connectivity index (χ0v) is 20.8. The van der Waals surface area contributed by atoms with Gasteiger partial charge in [-0.1, -0.05) is 13.8 Å². The molecule has 29 heavy (non-hydrogen) atoms. The first kappa shape index (κ1) is 24.0. The number of nitrogens with zero attached hydrogens (tertiary/aromatic N) is 2. The second kappa shape index (κ2) is 8.84. The van der Waals surface area contributed by atoms with Gasteiger partial charge in [0.05, 0.1) is 21.0 Å². The summed E-state index contributed by atoms with van der Waals surface area (Å²) in [6.45, 7) is 9.03. The number of halogens is 2. The van der Waals surface area contributed by atoms with Crippen molar-refractivity contribution in [1.29, 1.82) is 0 Å². The van der Waals surface area contributed by atoms with E-state index in [0.29, 0.717) is 32.0 Å². The van der Waals surface area contributed by atoms with Gasteiger partial charge in [-0.25, -0.2) is 18.5 Å². The Morgan fingerprint density at radius 3 is 2.31 bits per heavy atom. The van der Waals surface area contributed by atoms with Crippen LogP contribution in [0.3, 0.4) is 0 Å². The first-order valence-electron chi connectivity index (χ1n) is 8.85. The van der Waals surface area contributed by atoms with Crippen LogP contribution >= 0.6 is 31.9 Å². The molecule has 160 valence electrons. The fraction of sp³-hybridized carbons (Fsp3) is 0.444. The van der Waals surface area contributed by atoms with E-state index in [2.05, 4.69) is 52.5 Å². The third-order valence-electron chi connectivity index (χ3n) is 4.39. The summed E-state index contributed by atoms with van der Waals surface area (Å²) in [6, 6.07) is 3.06. The SMILES string of the molecule is CC(C)c1cc(Nc2ncc(Br)c(N[C@H](C)C(C)(C)O)n2)cc(Br)c1S(N)(=O)=O. The Morgan fingerprint density at radius 1 is 1.17 bits per heavy atom. The fourth-order valence-electron chi connectivity index (χ4n) is 2.46. The highest BCUT2D eigenvalue weighted by Gasteiger charge is 2.24. The summed E-state index contributed by atoms with van der Waals surface area (Å²) in [5.74, 6) is 0.752. The second-order valence-corrected chi connectivity index (χ2v) is 10.8. The normalized spacial score (nSPS) is 13.4. The molecule has 0 aliphatic carbocycles. The van der Waals surface area contributed by atoms with Gasteiger partial charge >= 0.3 is 0 Å². The number of hydrogen-bond acceptors (Lipinski definition) is 7. The topological polar surface area (TPSA) is 130 Å². The van der Waals surface area contributed by atoms with Crippen molar-refractivity contribution in [2.24, 2.45) is 5.14 Å². The molecule has 0 amide bonds. The standard InChI is InChI=1S/C18H25Br2N5O3S/c1-9(2)12-6-11(7-13(19)15(12)29(21,27)28)24-17-22-8-14(20)16(25-17)23-10(3)18(4,5)26/h6-10,26H,1-5H3,(H2,21,27,28)(H2,22,23,24,25)/t10-/m1/s1. The molecule has 1 atom stereocenters. The van der Waals surface area contributed by atoms with E-state index in [1.54, 1.807) is 32.2 Å². The van der Waals surface area contributed by atoms with Gasteiger partial charge in [0.25, 0.3) is 0 Å². The highest BCUT2D eigenvalue weighted by atomic mass is 79.9. The van der Waals surface area contributed by atoms with Gasteiger partial charge in [0.1, 0.15) is 5.82 Å². The highest BCUT2D eigenvalue weighted by molar-refractivity contribution is 9.10. The largest absolute Gasteiger partial charge is 0.388 e. The van der Waals surface area contributed by atoms with Crippen LogP contribution in [0.5, 0.6) is 0 Å². The van der Waals surface area contributed by atoms with Crippen LogP contribution in [0, 0.1) is 0 Å². The van der Waals surface area contributed by atoms with Crippen LogP contribution in [0.15, 0.2) is 32.2 Å². The summed E-state index contributed by atoms with van der Waals surface area (Å²) in [7, 11) is -3.88. The summed E-state index contributed by atoms with van der Waals surface area (Å²) in [5, 5.41) is 21.8. The molecule has 1 aromatic carbocycles. The Morgan fingerprint density at radius 2 is 1.79 bits per heavy atom. The van der Waals surface area contributed by atoms with E-state index in [4.69, 9.17) is 5.14 Å². The number of anilines is 3. The lowest BCUT2D eigenvalue weighted by atomic mass is 10.0. The van der Waals surface area contributed by atoms with Gasteiger partial charge in [0.15, 0.2) is 0 Å². The van der Waals surface area contributed by atoms with Crippen LogP contribution in [0.25, 0.3) is 0 Å². The Labute approximate surface area is 188 Å². The summed E-state index contributed by atoms with van der Waals surface area (Å²) in [6.07, 6.45) is 1.59. The molecule has 0 spiro atoms. The highest BCUT2D eigenvalue weighted by Crippen LogP contribution is 2.34. The molecule has 0 fully saturated rings. The fourth-order valence-corrected chi connectivity index (χ4v) is 4.87. The van der Waals surface area contributed by atoms with Crippen molar-refractivity contribution in [2.75, 3.05) is 10.6 Å². The minimum Gasteiger partial charge on any atom is -0.388 e. The molecule has 0 unspecified atom stereocenters. The molecular weight excluding hydrogens is 526 g/mol. The molecule has 0 radical (unpaired) electrons. The maximum Gasteiger partial charge on any atom is 0.239 e. The van der Waals surface area contributed by atoms with E-state index in [0.717, 1.165) is 0 Å². The molecule has 1 heterocycles. The average molecular weight is 551 g/mol. The smallest absolute Gasteiger partial charge is 0.239 e. The zero-order chi connectivity index (χ0) is 22.1. The molecule has 11 heteroatoms. The first-order chi connectivity index (χ1) is 13.2. The van der Waals surface area contributed by atoms with Gasteiger partial charge in [-0.15, -0.1) is 0 Å². The minimum atomic E-state index is -3.88. The van der Waals surface area contributed by atoms with Gasteiger partial charge in [-0.05, 0) is 76.2 Å². The van der Waals surface area contributed by atoms with Crippen molar-refractivity contribution >= 4 is 59.3 Å². The molecule has 0 saturated heterocycles. The summed E-state index contributed by atoms with van der Waals surface area (Å²) >= 11 is 6.71. The number of sulfonamides is 1. The van der Waals surface area contributed by atoms with E-state index < -0.39 is 15.6 Å². The Bertz CT molecular complexity index is 1010. The van der Waals surface area contributed by atoms with Crippen molar-refractivity contribution in [2.45, 2.75) is 57.1 Å². The second-order valence-electron chi connectivity index (χ2n) is 7.61. The quantitative estimate of drug-likeness (QED) is 0.408. The van der Waals surface area contributed by atoms with Gasteiger partial charge in [-0.2, -0.15) is 4.98 Å². The van der Waals surface area contributed by atoms with E-state index in [1.165, 1.54) is 0 Å². The van der Waals surface area contributed by atoms with E-state index in [1.807, 2.05) is 20.8 Å². The van der Waals surface area contributed by atoms with Gasteiger partial charge < -0.3 is 15.7 Å². The Kier molecular flexibility index (Phi) is 7.32. The lowest BCUT2D eigenvalue weighted by Crippen LogP contribution is -2.39. The van der Waals surface area contributed by atoms with E-state index >= 15 is 0 Å². The number of primary sulfonamides is 1. The molecule has 8 nitrogen and oxygen atoms in total. The lowest BCUT2D eigenvalue weighted by molar-refractivity contribution is 0.0647. The number of nitrogens with one attached hydrogen (secondary N) is 2. The Hall–Kier alpha value is -1.27. The van der Waals surface area contributed by atoms with Crippen molar-refractivity contribution in [3.8, 4) is 0 Å². The maximum absolute atomic E-state index is 12.0. The maximum atomic E-state index is 12.0. The lowest BCUT2D eigenvalue weighted by Gasteiger charge is -2.27. The van der Waals surface area contributed by atoms with Gasteiger partial charge in [0.2, 0.25) is 16.0 Å². The van der Waals surface area contributed by atoms with E-state index in [-0.39, 0.29) is 16.9 Å². The molecular formula is C18H25Br2N5O3S. The van der Waals surface area contributed by atoms with Crippen LogP contribution < -0.4 is 15.8 Å². The molecule has 0 aliphatic rings. The van der Waals surface area contributed by atoms with Crippen molar-refractivity contribution in [3.63, 3.8) is 0 Å². The molecule has 1 aromatic heterocycles. The molecule has 0 aliphatic heterocycles.